The van der Waals surface area contributed by atoms with Crippen molar-refractivity contribution < 1.29 is 9.59 Å². The lowest BCUT2D eigenvalue weighted by atomic mass is 10.0. The van der Waals surface area contributed by atoms with E-state index in [2.05, 4.69) is 22.0 Å². The molecule has 0 spiro atoms. The molecular formula is C26H28N4O2. The average molecular weight is 429 g/mol. The second-order valence-electron chi connectivity index (χ2n) is 8.63. The van der Waals surface area contributed by atoms with E-state index in [-0.39, 0.29) is 17.9 Å². The van der Waals surface area contributed by atoms with Crippen molar-refractivity contribution in [3.05, 3.63) is 78.1 Å². The molecular weight excluding hydrogens is 400 g/mol. The molecule has 2 amide bonds. The summed E-state index contributed by atoms with van der Waals surface area (Å²) < 4.78 is 0. The number of rotatable bonds is 4. The highest BCUT2D eigenvalue weighted by Gasteiger charge is 2.35. The number of fused-ring (bicyclic) bond motifs is 1. The number of carbonyl (C=O) groups excluding carboxylic acids is 2. The van der Waals surface area contributed by atoms with Crippen molar-refractivity contribution in [3.8, 4) is 0 Å². The first-order chi connectivity index (χ1) is 15.7. The van der Waals surface area contributed by atoms with Gasteiger partial charge in [0.1, 0.15) is 0 Å². The normalized spacial score (nSPS) is 20.0. The van der Waals surface area contributed by atoms with Crippen molar-refractivity contribution in [3.63, 3.8) is 0 Å². The molecule has 0 saturated carbocycles. The lowest BCUT2D eigenvalue weighted by Crippen LogP contribution is -2.58. The van der Waals surface area contributed by atoms with Crippen LogP contribution in [0.15, 0.2) is 67.0 Å². The maximum absolute atomic E-state index is 13.2. The number of carbonyl (C=O) groups is 2. The monoisotopic (exact) mass is 428 g/mol. The Morgan fingerprint density at radius 1 is 0.938 bits per heavy atom. The molecule has 6 heteroatoms. The molecule has 1 aromatic heterocycles. The van der Waals surface area contributed by atoms with Gasteiger partial charge in [-0.25, -0.2) is 0 Å². The van der Waals surface area contributed by atoms with Crippen molar-refractivity contribution in [2.24, 2.45) is 0 Å². The van der Waals surface area contributed by atoms with Crippen molar-refractivity contribution in [2.45, 2.75) is 25.4 Å². The van der Waals surface area contributed by atoms with Gasteiger partial charge in [-0.15, -0.1) is 0 Å². The van der Waals surface area contributed by atoms with Gasteiger partial charge in [0.2, 0.25) is 5.91 Å². The summed E-state index contributed by atoms with van der Waals surface area (Å²) in [6.45, 7) is 4.23. The molecule has 2 aliphatic heterocycles. The maximum atomic E-state index is 13.2. The third kappa shape index (κ3) is 4.10. The van der Waals surface area contributed by atoms with E-state index in [1.54, 1.807) is 12.4 Å². The molecule has 3 aromatic rings. The Bertz CT molecular complexity index is 1100. The van der Waals surface area contributed by atoms with Gasteiger partial charge in [-0.2, -0.15) is 0 Å². The number of nitrogens with zero attached hydrogens (tertiary/aromatic N) is 4. The van der Waals surface area contributed by atoms with E-state index in [9.17, 15) is 9.59 Å². The predicted octanol–water partition coefficient (Wildman–Crippen LogP) is 3.18. The molecule has 164 valence electrons. The molecule has 2 saturated heterocycles. The first kappa shape index (κ1) is 20.6. The Morgan fingerprint density at radius 2 is 1.75 bits per heavy atom. The average Bonchev–Trinajstić information content (AvgIpc) is 2.85. The molecule has 2 aromatic carbocycles. The molecule has 32 heavy (non-hydrogen) atoms. The zero-order valence-corrected chi connectivity index (χ0v) is 18.2. The minimum absolute atomic E-state index is 0.0575. The second kappa shape index (κ2) is 9.09. The van der Waals surface area contributed by atoms with Gasteiger partial charge in [0.15, 0.2) is 0 Å². The van der Waals surface area contributed by atoms with Gasteiger partial charge >= 0.3 is 0 Å². The fourth-order valence-corrected chi connectivity index (χ4v) is 4.94. The Morgan fingerprint density at radius 3 is 2.56 bits per heavy atom. The fourth-order valence-electron chi connectivity index (χ4n) is 4.94. The molecule has 0 bridgehead atoms. The molecule has 6 nitrogen and oxygen atoms in total. The van der Waals surface area contributed by atoms with Gasteiger partial charge in [0.25, 0.3) is 5.91 Å². The molecule has 5 rings (SSSR count). The molecule has 0 aliphatic carbocycles. The van der Waals surface area contributed by atoms with E-state index >= 15 is 0 Å². The highest BCUT2D eigenvalue weighted by molar-refractivity contribution is 6.06. The van der Waals surface area contributed by atoms with Crippen LogP contribution in [0, 0.1) is 0 Å². The van der Waals surface area contributed by atoms with Crippen LogP contribution >= 0.6 is 0 Å². The van der Waals surface area contributed by atoms with Crippen LogP contribution in [0.25, 0.3) is 10.8 Å². The fraction of sp³-hybridized carbons (Fsp3) is 0.346. The third-order valence-corrected chi connectivity index (χ3v) is 6.67. The summed E-state index contributed by atoms with van der Waals surface area (Å²) in [5.41, 5.74) is 1.89. The third-order valence-electron chi connectivity index (χ3n) is 6.67. The first-order valence-corrected chi connectivity index (χ1v) is 11.4. The van der Waals surface area contributed by atoms with Crippen LogP contribution in [0.3, 0.4) is 0 Å². The predicted molar refractivity (Wildman–Crippen MR) is 124 cm³/mol. The Labute approximate surface area is 188 Å². The first-order valence-electron chi connectivity index (χ1n) is 11.4. The van der Waals surface area contributed by atoms with Gasteiger partial charge in [-0.3, -0.25) is 19.5 Å². The van der Waals surface area contributed by atoms with Crippen molar-refractivity contribution in [1.29, 1.82) is 0 Å². The van der Waals surface area contributed by atoms with Crippen molar-refractivity contribution >= 4 is 22.6 Å². The number of aromatic nitrogens is 1. The largest absolute Gasteiger partial charge is 0.337 e. The summed E-state index contributed by atoms with van der Waals surface area (Å²) in [6.07, 6.45) is 5.44. The summed E-state index contributed by atoms with van der Waals surface area (Å²) in [5, 5.41) is 1.91. The highest BCUT2D eigenvalue weighted by atomic mass is 16.2. The van der Waals surface area contributed by atoms with Crippen LogP contribution in [-0.4, -0.2) is 70.3 Å². The number of pyridine rings is 1. The Kier molecular flexibility index (Phi) is 5.86. The zero-order chi connectivity index (χ0) is 21.9. The standard InChI is InChI=1S/C26H28N4O2/c31-25(23-9-4-8-21-18-27-12-11-22(21)23)29-16-14-28(15-17-29)24-10-5-13-30(26(24)32)19-20-6-2-1-3-7-20/h1-4,6-9,11-12,18,24H,5,10,13-17,19H2. The molecule has 1 unspecified atom stereocenters. The van der Waals surface area contributed by atoms with Crippen molar-refractivity contribution in [2.75, 3.05) is 32.7 Å². The van der Waals surface area contributed by atoms with Gasteiger partial charge in [-0.1, -0.05) is 42.5 Å². The molecule has 0 N–H and O–H groups in total. The molecule has 1 atom stereocenters. The summed E-state index contributed by atoms with van der Waals surface area (Å²) in [7, 11) is 0. The number of hydrogen-bond acceptors (Lipinski definition) is 4. The smallest absolute Gasteiger partial charge is 0.254 e. The van der Waals surface area contributed by atoms with Crippen LogP contribution in [0.4, 0.5) is 0 Å². The van der Waals surface area contributed by atoms with Crippen LogP contribution in [-0.2, 0) is 11.3 Å². The number of piperazine rings is 1. The van der Waals surface area contributed by atoms with E-state index in [1.165, 1.54) is 5.56 Å². The number of benzene rings is 2. The SMILES string of the molecule is O=C(c1cccc2cnccc12)N1CCN(C2CCCN(Cc3ccccc3)C2=O)CC1. The van der Waals surface area contributed by atoms with Crippen LogP contribution in [0.2, 0.25) is 0 Å². The molecule has 0 radical (unpaired) electrons. The zero-order valence-electron chi connectivity index (χ0n) is 18.2. The Hall–Kier alpha value is -3.25. The van der Waals surface area contributed by atoms with Crippen LogP contribution in [0.5, 0.6) is 0 Å². The minimum atomic E-state index is -0.0756. The molecule has 3 heterocycles. The summed E-state index contributed by atoms with van der Waals surface area (Å²) in [5.74, 6) is 0.281. The number of hydrogen-bond donors (Lipinski definition) is 0. The minimum Gasteiger partial charge on any atom is -0.337 e. The number of likely N-dealkylation sites (tertiary alicyclic amines) is 1. The number of piperidine rings is 1. The van der Waals surface area contributed by atoms with Gasteiger partial charge in [-0.05, 0) is 35.9 Å². The van der Waals surface area contributed by atoms with Crippen LogP contribution < -0.4 is 0 Å². The lowest BCUT2D eigenvalue weighted by Gasteiger charge is -2.42. The summed E-state index contributed by atoms with van der Waals surface area (Å²) in [4.78, 5) is 36.8. The summed E-state index contributed by atoms with van der Waals surface area (Å²) in [6, 6.07) is 17.8. The quantitative estimate of drug-likeness (QED) is 0.641. The van der Waals surface area contributed by atoms with Gasteiger partial charge < -0.3 is 9.80 Å². The Balaban J connectivity index is 1.23. The van der Waals surface area contributed by atoms with E-state index in [4.69, 9.17) is 0 Å². The molecule has 2 fully saturated rings. The van der Waals surface area contributed by atoms with Crippen LogP contribution in [0.1, 0.15) is 28.8 Å². The van der Waals surface area contributed by atoms with Crippen molar-refractivity contribution in [1.82, 2.24) is 19.7 Å². The molecule has 2 aliphatic rings. The highest BCUT2D eigenvalue weighted by Crippen LogP contribution is 2.23. The van der Waals surface area contributed by atoms with E-state index in [1.807, 2.05) is 52.3 Å². The second-order valence-corrected chi connectivity index (χ2v) is 8.63. The van der Waals surface area contributed by atoms with Gasteiger partial charge in [0, 0.05) is 62.6 Å². The van der Waals surface area contributed by atoms with E-state index in [0.717, 1.165) is 48.8 Å². The van der Waals surface area contributed by atoms with E-state index in [0.29, 0.717) is 19.6 Å². The number of amides is 2. The van der Waals surface area contributed by atoms with Gasteiger partial charge in [0.05, 0.1) is 6.04 Å². The maximum Gasteiger partial charge on any atom is 0.254 e. The lowest BCUT2D eigenvalue weighted by molar-refractivity contribution is -0.141. The summed E-state index contributed by atoms with van der Waals surface area (Å²) >= 11 is 0. The topological polar surface area (TPSA) is 56.8 Å². The van der Waals surface area contributed by atoms with E-state index < -0.39 is 0 Å².